The molecule has 0 aliphatic carbocycles. The van der Waals surface area contributed by atoms with Crippen LogP contribution < -0.4 is 4.74 Å². The van der Waals surface area contributed by atoms with Crippen LogP contribution in [0.5, 0.6) is 5.75 Å². The number of aliphatic hydroxyl groups is 1. The SMILES string of the molecule is O=C(O)COc1ccc2ccccc2c1CO. The third-order valence-electron chi connectivity index (χ3n) is 2.51. The lowest BCUT2D eigenvalue weighted by molar-refractivity contribution is -0.139. The van der Waals surface area contributed by atoms with Gasteiger partial charge in [-0.3, -0.25) is 0 Å². The summed E-state index contributed by atoms with van der Waals surface area (Å²) < 4.78 is 5.14. The van der Waals surface area contributed by atoms with E-state index in [9.17, 15) is 9.90 Å². The van der Waals surface area contributed by atoms with Crippen molar-refractivity contribution in [2.24, 2.45) is 0 Å². The van der Waals surface area contributed by atoms with Crippen LogP contribution in [0, 0.1) is 0 Å². The van der Waals surface area contributed by atoms with Gasteiger partial charge in [-0.2, -0.15) is 0 Å². The highest BCUT2D eigenvalue weighted by molar-refractivity contribution is 5.87. The highest BCUT2D eigenvalue weighted by atomic mass is 16.5. The molecule has 0 unspecified atom stereocenters. The number of carboxylic acid groups (broad SMARTS) is 1. The Morgan fingerprint density at radius 1 is 1.18 bits per heavy atom. The van der Waals surface area contributed by atoms with E-state index in [1.807, 2.05) is 30.3 Å². The average Bonchev–Trinajstić information content (AvgIpc) is 2.35. The van der Waals surface area contributed by atoms with Gasteiger partial charge < -0.3 is 14.9 Å². The first-order chi connectivity index (χ1) is 8.22. The van der Waals surface area contributed by atoms with Crippen molar-refractivity contribution in [3.8, 4) is 5.75 Å². The van der Waals surface area contributed by atoms with Gasteiger partial charge >= 0.3 is 5.97 Å². The number of aliphatic carboxylic acids is 1. The molecule has 0 aliphatic heterocycles. The van der Waals surface area contributed by atoms with E-state index in [2.05, 4.69) is 0 Å². The number of benzene rings is 2. The van der Waals surface area contributed by atoms with E-state index in [0.29, 0.717) is 11.3 Å². The van der Waals surface area contributed by atoms with Crippen molar-refractivity contribution in [2.75, 3.05) is 6.61 Å². The average molecular weight is 232 g/mol. The molecule has 2 aromatic carbocycles. The Labute approximate surface area is 98.1 Å². The Kier molecular flexibility index (Phi) is 3.25. The third kappa shape index (κ3) is 2.37. The van der Waals surface area contributed by atoms with Gasteiger partial charge in [0.15, 0.2) is 6.61 Å². The van der Waals surface area contributed by atoms with Crippen LogP contribution in [0.3, 0.4) is 0 Å². The maximum absolute atomic E-state index is 10.4. The van der Waals surface area contributed by atoms with E-state index in [0.717, 1.165) is 10.8 Å². The second kappa shape index (κ2) is 4.84. The van der Waals surface area contributed by atoms with E-state index in [4.69, 9.17) is 9.84 Å². The fourth-order valence-corrected chi connectivity index (χ4v) is 1.75. The molecule has 0 aliphatic rings. The first-order valence-corrected chi connectivity index (χ1v) is 5.18. The first kappa shape index (κ1) is 11.4. The molecule has 17 heavy (non-hydrogen) atoms. The molecule has 0 atom stereocenters. The minimum absolute atomic E-state index is 0.184. The van der Waals surface area contributed by atoms with Crippen LogP contribution in [0.1, 0.15) is 5.56 Å². The zero-order valence-electron chi connectivity index (χ0n) is 9.09. The van der Waals surface area contributed by atoms with Gasteiger partial charge in [0.2, 0.25) is 0 Å². The molecule has 0 heterocycles. The molecule has 0 bridgehead atoms. The normalized spacial score (nSPS) is 10.4. The standard InChI is InChI=1S/C13H12O4/c14-7-11-10-4-2-1-3-9(10)5-6-12(11)17-8-13(15)16/h1-6,14H,7-8H2,(H,15,16). The smallest absolute Gasteiger partial charge is 0.341 e. The molecule has 0 fully saturated rings. The number of hydrogen-bond acceptors (Lipinski definition) is 3. The molecular weight excluding hydrogens is 220 g/mol. The second-order valence-corrected chi connectivity index (χ2v) is 3.60. The molecule has 2 N–H and O–H groups in total. The predicted molar refractivity (Wildman–Crippen MR) is 63.0 cm³/mol. The Morgan fingerprint density at radius 3 is 2.65 bits per heavy atom. The number of hydrogen-bond donors (Lipinski definition) is 2. The minimum atomic E-state index is -1.04. The van der Waals surface area contributed by atoms with Crippen LogP contribution in [-0.4, -0.2) is 22.8 Å². The minimum Gasteiger partial charge on any atom is -0.482 e. The molecule has 0 radical (unpaired) electrons. The van der Waals surface area contributed by atoms with Crippen LogP contribution in [-0.2, 0) is 11.4 Å². The number of fused-ring (bicyclic) bond motifs is 1. The second-order valence-electron chi connectivity index (χ2n) is 3.60. The van der Waals surface area contributed by atoms with Gasteiger partial charge in [-0.25, -0.2) is 4.79 Å². The van der Waals surface area contributed by atoms with Gasteiger partial charge in [-0.1, -0.05) is 30.3 Å². The van der Waals surface area contributed by atoms with Crippen molar-refractivity contribution < 1.29 is 19.7 Å². The Bertz CT molecular complexity index is 548. The largest absolute Gasteiger partial charge is 0.482 e. The molecule has 0 amide bonds. The Hall–Kier alpha value is -2.07. The predicted octanol–water partition coefficient (Wildman–Crippen LogP) is 1.80. The Balaban J connectivity index is 2.45. The molecule has 0 aromatic heterocycles. The Morgan fingerprint density at radius 2 is 1.94 bits per heavy atom. The van der Waals surface area contributed by atoms with Crippen molar-refractivity contribution in [3.63, 3.8) is 0 Å². The van der Waals surface area contributed by atoms with Crippen molar-refractivity contribution in [1.29, 1.82) is 0 Å². The van der Waals surface area contributed by atoms with E-state index >= 15 is 0 Å². The molecule has 4 nitrogen and oxygen atoms in total. The number of aliphatic hydroxyl groups excluding tert-OH is 1. The van der Waals surface area contributed by atoms with Gasteiger partial charge in [0.25, 0.3) is 0 Å². The summed E-state index contributed by atoms with van der Waals surface area (Å²) in [6.07, 6.45) is 0. The van der Waals surface area contributed by atoms with Crippen molar-refractivity contribution in [1.82, 2.24) is 0 Å². The number of rotatable bonds is 4. The van der Waals surface area contributed by atoms with Crippen LogP contribution in [0.4, 0.5) is 0 Å². The lowest BCUT2D eigenvalue weighted by atomic mass is 10.0. The van der Waals surface area contributed by atoms with Crippen LogP contribution >= 0.6 is 0 Å². The molecular formula is C13H12O4. The van der Waals surface area contributed by atoms with E-state index in [1.165, 1.54) is 0 Å². The number of ether oxygens (including phenoxy) is 1. The summed E-state index contributed by atoms with van der Waals surface area (Å²) in [4.78, 5) is 10.4. The number of carboxylic acids is 1. The van der Waals surface area contributed by atoms with Crippen LogP contribution in [0.25, 0.3) is 10.8 Å². The van der Waals surface area contributed by atoms with Crippen LogP contribution in [0.2, 0.25) is 0 Å². The summed E-state index contributed by atoms with van der Waals surface area (Å²) in [5.41, 5.74) is 0.615. The highest BCUT2D eigenvalue weighted by Gasteiger charge is 2.08. The zero-order chi connectivity index (χ0) is 12.3. The summed E-state index contributed by atoms with van der Waals surface area (Å²) in [7, 11) is 0. The summed E-state index contributed by atoms with van der Waals surface area (Å²) in [6, 6.07) is 11.1. The van der Waals surface area contributed by atoms with Gasteiger partial charge in [0, 0.05) is 5.56 Å². The van der Waals surface area contributed by atoms with Gasteiger partial charge in [0.1, 0.15) is 5.75 Å². The van der Waals surface area contributed by atoms with Crippen molar-refractivity contribution >= 4 is 16.7 Å². The summed E-state index contributed by atoms with van der Waals surface area (Å²) in [5.74, 6) is -0.629. The third-order valence-corrected chi connectivity index (χ3v) is 2.51. The lowest BCUT2D eigenvalue weighted by Crippen LogP contribution is -2.10. The molecule has 2 rings (SSSR count). The van der Waals surface area contributed by atoms with Crippen molar-refractivity contribution in [3.05, 3.63) is 42.0 Å². The van der Waals surface area contributed by atoms with Crippen LogP contribution in [0.15, 0.2) is 36.4 Å². The lowest BCUT2D eigenvalue weighted by Gasteiger charge is -2.11. The molecule has 0 spiro atoms. The number of carbonyl (C=O) groups is 1. The first-order valence-electron chi connectivity index (χ1n) is 5.18. The fraction of sp³-hybridized carbons (Fsp3) is 0.154. The van der Waals surface area contributed by atoms with E-state index < -0.39 is 12.6 Å². The monoisotopic (exact) mass is 232 g/mol. The maximum atomic E-state index is 10.4. The van der Waals surface area contributed by atoms with Crippen molar-refractivity contribution in [2.45, 2.75) is 6.61 Å². The topological polar surface area (TPSA) is 66.8 Å². The van der Waals surface area contributed by atoms with Gasteiger partial charge in [-0.15, -0.1) is 0 Å². The molecule has 0 saturated carbocycles. The van der Waals surface area contributed by atoms with Gasteiger partial charge in [0.05, 0.1) is 6.61 Å². The molecule has 88 valence electrons. The maximum Gasteiger partial charge on any atom is 0.341 e. The summed E-state index contributed by atoms with van der Waals surface area (Å²) >= 11 is 0. The van der Waals surface area contributed by atoms with E-state index in [-0.39, 0.29) is 6.61 Å². The summed E-state index contributed by atoms with van der Waals surface area (Å²) in [5, 5.41) is 19.8. The molecule has 2 aromatic rings. The zero-order valence-corrected chi connectivity index (χ0v) is 9.09. The molecule has 0 saturated heterocycles. The van der Waals surface area contributed by atoms with E-state index in [1.54, 1.807) is 6.07 Å². The highest BCUT2D eigenvalue weighted by Crippen LogP contribution is 2.27. The summed E-state index contributed by atoms with van der Waals surface area (Å²) in [6.45, 7) is -0.596. The van der Waals surface area contributed by atoms with Gasteiger partial charge in [-0.05, 0) is 16.8 Å². The fourth-order valence-electron chi connectivity index (χ4n) is 1.75. The quantitative estimate of drug-likeness (QED) is 0.843. The molecule has 4 heteroatoms.